The van der Waals surface area contributed by atoms with Gasteiger partial charge in [-0.05, 0) is 95.0 Å². The number of aliphatic carboxylic acids is 1. The van der Waals surface area contributed by atoms with Crippen LogP contribution in [-0.4, -0.2) is 225 Å². The molecule has 1 saturated carbocycles. The Labute approximate surface area is 599 Å². The van der Waals surface area contributed by atoms with Crippen LogP contribution < -0.4 is 75.7 Å². The molecule has 586 valence electrons. The molecule has 36 nitrogen and oxygen atoms in total. The fraction of sp³-hybridized carbons (Fsp3) is 0.677. The van der Waals surface area contributed by atoms with E-state index in [1.165, 1.54) is 44.2 Å². The number of aliphatic hydroxyl groups is 4. The third kappa shape index (κ3) is 31.6. The minimum Gasteiger partial charge on any atom is -0.475 e. The molecule has 2 fully saturated rings. The maximum absolute atomic E-state index is 15.5. The Morgan fingerprint density at radius 3 is 1.70 bits per heavy atom. The molecule has 22 N–H and O–H groups in total. The van der Waals surface area contributed by atoms with E-state index in [1.807, 2.05) is 10.6 Å². The van der Waals surface area contributed by atoms with Gasteiger partial charge in [-0.25, -0.2) is 14.4 Å². The number of hydrogen-bond donors (Lipinski definition) is 19. The second-order valence-corrected chi connectivity index (χ2v) is 27.5. The van der Waals surface area contributed by atoms with Crippen LogP contribution in [-0.2, 0) is 71.8 Å². The van der Waals surface area contributed by atoms with E-state index < -0.39 is 216 Å². The predicted molar refractivity (Wildman–Crippen MR) is 363 cm³/mol. The number of carbonyl (C=O) groups excluding carboxylic acids is 13. The number of amides is 12. The molecule has 15 atom stereocenters. The molecule has 1 saturated heterocycles. The number of cyclic esters (lactones) is 1. The lowest BCUT2D eigenvalue weighted by atomic mass is 9.95. The van der Waals surface area contributed by atoms with E-state index in [9.17, 15) is 81.5 Å². The SMILES string of the molecule is CC[C@H](C)[C@@H]1NC(=O)[C@@H](CCCN=C(N)N)NC(=O)[C@H](CC(C)C)NC(=O)[C@H]([C@H](O)C(C)C)NC(=O)[C@@H](NC(=O)[C@H](CC(C)C)NC(=O)[C@@H](CC2CC2)NC(=O)OC(C)(C)C)[C@@H](c2ccccc2)OC(=O)[C@H](CO)NC(=O)[C@H]([C@H](O)C(N)=O)NC(=O)CNC(=O)[C@H]([C@H](C)O)NC1=O.O=C(O)C(F)(F)F. The number of nitrogens with two attached hydrogens (primary N) is 3. The number of alkyl halides is 3. The lowest BCUT2D eigenvalue weighted by molar-refractivity contribution is -0.192. The van der Waals surface area contributed by atoms with Crippen LogP contribution in [0, 0.1) is 29.6 Å². The van der Waals surface area contributed by atoms with Crippen molar-refractivity contribution in [3.05, 3.63) is 35.9 Å². The largest absolute Gasteiger partial charge is 0.490 e. The molecule has 1 heterocycles. The maximum atomic E-state index is 15.5. The van der Waals surface area contributed by atoms with Crippen molar-refractivity contribution in [1.29, 1.82) is 0 Å². The van der Waals surface area contributed by atoms with Crippen LogP contribution in [0.1, 0.15) is 146 Å². The Bertz CT molecular complexity index is 3150. The fourth-order valence-electron chi connectivity index (χ4n) is 10.00. The highest BCUT2D eigenvalue weighted by atomic mass is 19.4. The number of guanidine groups is 1. The molecule has 1 aromatic rings. The van der Waals surface area contributed by atoms with Crippen molar-refractivity contribution in [2.45, 2.75) is 231 Å². The summed E-state index contributed by atoms with van der Waals surface area (Å²) in [7, 11) is 0. The molecule has 0 spiro atoms. The number of carboxylic acids is 1. The van der Waals surface area contributed by atoms with E-state index in [0.29, 0.717) is 0 Å². The minimum atomic E-state index is -5.08. The first-order valence-electron chi connectivity index (χ1n) is 33.8. The first-order chi connectivity index (χ1) is 48.2. The van der Waals surface area contributed by atoms with Crippen LogP contribution in [0.25, 0.3) is 0 Å². The molecule has 1 aromatic carbocycles. The monoisotopic (exact) mass is 1490 g/mol. The first-order valence-corrected chi connectivity index (χ1v) is 33.8. The second kappa shape index (κ2) is 42.3. The number of carbonyl (C=O) groups is 14. The van der Waals surface area contributed by atoms with Crippen LogP contribution in [0.3, 0.4) is 0 Å². The van der Waals surface area contributed by atoms with E-state index in [2.05, 4.69) is 52.8 Å². The number of rotatable bonds is 24. The molecular weight excluding hydrogens is 1380 g/mol. The number of halogens is 3. The number of benzene rings is 1. The van der Waals surface area contributed by atoms with E-state index >= 15 is 14.4 Å². The molecule has 0 bridgehead atoms. The number of carboxylic acid groups (broad SMARTS) is 1. The second-order valence-electron chi connectivity index (χ2n) is 27.5. The van der Waals surface area contributed by atoms with E-state index in [1.54, 1.807) is 62.3 Å². The Balaban J connectivity index is 0.00000497. The Kier molecular flexibility index (Phi) is 36.9. The number of esters is 1. The van der Waals surface area contributed by atoms with Crippen LogP contribution in [0.2, 0.25) is 0 Å². The number of nitrogens with zero attached hydrogens (tertiary/aromatic N) is 1. The molecule has 0 unspecified atom stereocenters. The van der Waals surface area contributed by atoms with Crippen molar-refractivity contribution in [3.8, 4) is 0 Å². The van der Waals surface area contributed by atoms with E-state index in [4.69, 9.17) is 36.6 Å². The Morgan fingerprint density at radius 2 is 1.20 bits per heavy atom. The highest BCUT2D eigenvalue weighted by molar-refractivity contribution is 6.00. The number of hydrogen-bond acceptors (Lipinski definition) is 21. The molecule has 0 radical (unpaired) electrons. The number of primary amides is 1. The van der Waals surface area contributed by atoms with Crippen molar-refractivity contribution in [1.82, 2.24) is 58.5 Å². The fourth-order valence-corrected chi connectivity index (χ4v) is 10.00. The van der Waals surface area contributed by atoms with E-state index in [-0.39, 0.29) is 62.5 Å². The summed E-state index contributed by atoms with van der Waals surface area (Å²) in [5, 5.41) is 78.1. The molecule has 2 aliphatic rings. The molecule has 39 heteroatoms. The average molecular weight is 1490 g/mol. The highest BCUT2D eigenvalue weighted by Gasteiger charge is 2.45. The zero-order valence-electron chi connectivity index (χ0n) is 60.2. The van der Waals surface area contributed by atoms with Crippen molar-refractivity contribution in [3.63, 3.8) is 0 Å². The van der Waals surface area contributed by atoms with Crippen molar-refractivity contribution in [2.75, 3.05) is 19.7 Å². The predicted octanol–water partition coefficient (Wildman–Crippen LogP) is -3.48. The van der Waals surface area contributed by atoms with Crippen LogP contribution >= 0.6 is 0 Å². The number of aliphatic imine (C=N–C) groups is 1. The van der Waals surface area contributed by atoms with Gasteiger partial charge in [0.15, 0.2) is 24.2 Å². The van der Waals surface area contributed by atoms with Gasteiger partial charge in [-0.1, -0.05) is 105 Å². The van der Waals surface area contributed by atoms with Gasteiger partial charge in [-0.3, -0.25) is 57.7 Å². The van der Waals surface area contributed by atoms with Gasteiger partial charge in [-0.15, -0.1) is 0 Å². The summed E-state index contributed by atoms with van der Waals surface area (Å²) in [5.74, 6) is -20.3. The summed E-state index contributed by atoms with van der Waals surface area (Å²) in [6, 6.07) is -11.3. The average Bonchev–Trinajstić information content (AvgIpc) is 1.14. The third-order valence-electron chi connectivity index (χ3n) is 15.9. The summed E-state index contributed by atoms with van der Waals surface area (Å²) in [4.78, 5) is 198. The van der Waals surface area contributed by atoms with Crippen LogP contribution in [0.4, 0.5) is 18.0 Å². The quantitative estimate of drug-likeness (QED) is 0.0207. The summed E-state index contributed by atoms with van der Waals surface area (Å²) >= 11 is 0. The standard InChI is InChI=1S/C63H103N15O19.C2HF3O2/c1-13-32(8)42-56(90)76-43(33(9)80)55(89)68-27-41(81)74-45(48(83)50(64)84)58(92)72-40(28-79)60(94)96-49(35-18-15-14-16-19-35)46(78-54(88)38(25-30(4)5)70-53(87)39(26-34-21-22-34)73-62(95)97-63(10,11)12)59(93)77-44(47(82)31(6)7)57(91)71-37(24-29(2)3)52(86)69-36(51(85)75-42)20-17-23-67-61(65)66;3-2(4,5)1(6)7/h14-16,18-19,29-34,36-40,42-49,79-80,82-83H,13,17,20-28H2,1-12H3,(H2,64,84)(H,68,89)(H,69,86)(H,70,87)(H,71,91)(H,72,92)(H,73,95)(H,74,81)(H,75,85)(H,76,90)(H,77,93)(H,78,88)(H4,65,66,67);(H,6,7)/t32-,33-,36+,37-,38-,39+,40-,42-,43-,44-,45-,46-,47+,48-,49+;/m0./s1. The van der Waals surface area contributed by atoms with Gasteiger partial charge in [0, 0.05) is 6.54 Å². The van der Waals surface area contributed by atoms with Crippen LogP contribution in [0.5, 0.6) is 0 Å². The summed E-state index contributed by atoms with van der Waals surface area (Å²) in [6.07, 6.45) is -12.9. The molecule has 1 aliphatic heterocycles. The molecule has 0 aromatic heterocycles. The third-order valence-corrected chi connectivity index (χ3v) is 15.9. The van der Waals surface area contributed by atoms with Gasteiger partial charge < -0.3 is 111 Å². The molecular formula is C65H104F3N15O21. The van der Waals surface area contributed by atoms with Crippen molar-refractivity contribution >= 4 is 89.0 Å². The number of ether oxygens (including phenoxy) is 2. The number of aliphatic hydroxyl groups excluding tert-OH is 4. The smallest absolute Gasteiger partial charge is 0.475 e. The highest BCUT2D eigenvalue weighted by Crippen LogP contribution is 2.34. The van der Waals surface area contributed by atoms with Crippen molar-refractivity contribution < 1.29 is 115 Å². The molecule has 3 rings (SSSR count). The van der Waals surface area contributed by atoms with Gasteiger partial charge >= 0.3 is 24.2 Å². The minimum absolute atomic E-state index is 0.0297. The Morgan fingerprint density at radius 1 is 0.663 bits per heavy atom. The van der Waals surface area contributed by atoms with Gasteiger partial charge in [0.25, 0.3) is 0 Å². The van der Waals surface area contributed by atoms with Gasteiger partial charge in [-0.2, -0.15) is 13.2 Å². The summed E-state index contributed by atoms with van der Waals surface area (Å²) in [5.41, 5.74) is 15.4. The normalized spacial score (nSPS) is 23.7. The number of alkyl carbamates (subject to hydrolysis) is 1. The lowest BCUT2D eigenvalue weighted by Gasteiger charge is -2.34. The zero-order valence-corrected chi connectivity index (χ0v) is 60.2. The summed E-state index contributed by atoms with van der Waals surface area (Å²) in [6.45, 7) is 16.4. The molecule has 12 amide bonds. The molecule has 1 aliphatic carbocycles. The lowest BCUT2D eigenvalue weighted by Crippen LogP contribution is -2.64. The van der Waals surface area contributed by atoms with E-state index in [0.717, 1.165) is 19.8 Å². The topological polar surface area (TPSA) is 581 Å². The van der Waals surface area contributed by atoms with Crippen LogP contribution in [0.15, 0.2) is 35.3 Å². The first kappa shape index (κ1) is 90.6. The summed E-state index contributed by atoms with van der Waals surface area (Å²) < 4.78 is 43.1. The van der Waals surface area contributed by atoms with Gasteiger partial charge in [0.2, 0.25) is 65.0 Å². The molecule has 104 heavy (non-hydrogen) atoms. The number of nitrogens with one attached hydrogen (secondary N) is 11. The maximum Gasteiger partial charge on any atom is 0.490 e. The van der Waals surface area contributed by atoms with Gasteiger partial charge in [0.1, 0.15) is 60.0 Å². The zero-order chi connectivity index (χ0) is 79.4. The van der Waals surface area contributed by atoms with Crippen molar-refractivity contribution in [2.24, 2.45) is 51.8 Å². The van der Waals surface area contributed by atoms with Gasteiger partial charge in [0.05, 0.1) is 25.4 Å². The Hall–Kier alpha value is -9.50.